The summed E-state index contributed by atoms with van der Waals surface area (Å²) < 4.78 is 23.6. The molecule has 0 radical (unpaired) electrons. The number of halogens is 1. The topological polar surface area (TPSA) is 64.6 Å². The Hall–Kier alpha value is -2.38. The number of thioether (sulfide) groups is 1. The number of rotatable bonds is 9. The second kappa shape index (κ2) is 10.6. The molecule has 0 atom stereocenters. The summed E-state index contributed by atoms with van der Waals surface area (Å²) in [7, 11) is 1.53. The summed E-state index contributed by atoms with van der Waals surface area (Å²) in [5.41, 5.74) is 0.900. The van der Waals surface area contributed by atoms with Gasteiger partial charge in [0.25, 0.3) is 5.91 Å². The van der Waals surface area contributed by atoms with E-state index in [0.29, 0.717) is 34.9 Å². The molecule has 2 aromatic rings. The molecule has 0 aliphatic rings. The number of amides is 1. The lowest BCUT2D eigenvalue weighted by Gasteiger charge is -2.10. The van der Waals surface area contributed by atoms with Gasteiger partial charge in [0.2, 0.25) is 0 Å². The van der Waals surface area contributed by atoms with Gasteiger partial charge in [-0.05, 0) is 23.8 Å². The molecule has 0 heterocycles. The molecule has 7 heteroatoms. The zero-order valence-corrected chi connectivity index (χ0v) is 15.2. The normalized spacial score (nSPS) is 10.4. The van der Waals surface area contributed by atoms with Gasteiger partial charge in [-0.3, -0.25) is 4.79 Å². The molecule has 0 bridgehead atoms. The minimum absolute atomic E-state index is 0.284. The number of nitrogens with one attached hydrogen (secondary N) is 1. The molecule has 1 amide bonds. The third-order valence-electron chi connectivity index (χ3n) is 3.41. The Kier molecular flexibility index (Phi) is 8.11. The second-order valence-corrected chi connectivity index (χ2v) is 6.31. The van der Waals surface area contributed by atoms with Gasteiger partial charge >= 0.3 is 5.97 Å². The number of ether oxygens (including phenoxy) is 2. The molecule has 138 valence electrons. The van der Waals surface area contributed by atoms with Crippen molar-refractivity contribution in [3.8, 4) is 0 Å². The van der Waals surface area contributed by atoms with E-state index < -0.39 is 11.9 Å². The molecule has 26 heavy (non-hydrogen) atoms. The first kappa shape index (κ1) is 19.9. The maximum Gasteiger partial charge on any atom is 0.339 e. The standard InChI is InChI=1S/C19H20FNO4S/c1-24-11-10-21-18(22)12-25-19(23)15-7-3-5-9-17(15)26-13-14-6-2-4-8-16(14)20/h2-9H,10-13H2,1H3,(H,21,22). The third kappa shape index (κ3) is 6.16. The third-order valence-corrected chi connectivity index (χ3v) is 4.53. The smallest absolute Gasteiger partial charge is 0.339 e. The monoisotopic (exact) mass is 377 g/mol. The van der Waals surface area contributed by atoms with E-state index in [9.17, 15) is 14.0 Å². The molecule has 0 aliphatic heterocycles. The highest BCUT2D eigenvalue weighted by Crippen LogP contribution is 2.27. The Labute approximate surface area is 155 Å². The fraction of sp³-hybridized carbons (Fsp3) is 0.263. The van der Waals surface area contributed by atoms with Gasteiger partial charge in [0.15, 0.2) is 6.61 Å². The molecule has 2 rings (SSSR count). The van der Waals surface area contributed by atoms with Crippen LogP contribution in [0.5, 0.6) is 0 Å². The van der Waals surface area contributed by atoms with Crippen LogP contribution in [0, 0.1) is 5.82 Å². The van der Waals surface area contributed by atoms with Crippen molar-refractivity contribution in [1.29, 1.82) is 0 Å². The van der Waals surface area contributed by atoms with Gasteiger partial charge < -0.3 is 14.8 Å². The van der Waals surface area contributed by atoms with Crippen LogP contribution in [0.15, 0.2) is 53.4 Å². The average molecular weight is 377 g/mol. The Morgan fingerprint density at radius 3 is 2.62 bits per heavy atom. The quantitative estimate of drug-likeness (QED) is 0.413. The van der Waals surface area contributed by atoms with E-state index in [-0.39, 0.29) is 12.4 Å². The number of hydrogen-bond donors (Lipinski definition) is 1. The summed E-state index contributed by atoms with van der Waals surface area (Å²) >= 11 is 1.34. The molecular formula is C19H20FNO4S. The Morgan fingerprint density at radius 2 is 1.85 bits per heavy atom. The Bertz CT molecular complexity index is 754. The van der Waals surface area contributed by atoms with E-state index in [1.807, 2.05) is 0 Å². The van der Waals surface area contributed by atoms with E-state index in [4.69, 9.17) is 9.47 Å². The molecular weight excluding hydrogens is 357 g/mol. The molecule has 2 aromatic carbocycles. The summed E-state index contributed by atoms with van der Waals surface area (Å²) in [4.78, 5) is 24.5. The Morgan fingerprint density at radius 1 is 1.12 bits per heavy atom. The molecule has 0 unspecified atom stereocenters. The van der Waals surface area contributed by atoms with E-state index in [0.717, 1.165) is 0 Å². The fourth-order valence-corrected chi connectivity index (χ4v) is 3.11. The minimum atomic E-state index is -0.594. The molecule has 0 fully saturated rings. The summed E-state index contributed by atoms with van der Waals surface area (Å²) in [5, 5.41) is 2.57. The second-order valence-electron chi connectivity index (χ2n) is 5.30. The van der Waals surface area contributed by atoms with Gasteiger partial charge in [0.1, 0.15) is 5.82 Å². The zero-order chi connectivity index (χ0) is 18.8. The highest BCUT2D eigenvalue weighted by atomic mass is 32.2. The number of methoxy groups -OCH3 is 1. The maximum atomic E-state index is 13.7. The van der Waals surface area contributed by atoms with Gasteiger partial charge in [-0.2, -0.15) is 0 Å². The van der Waals surface area contributed by atoms with Crippen molar-refractivity contribution in [1.82, 2.24) is 5.32 Å². The van der Waals surface area contributed by atoms with Crippen LogP contribution in [0.25, 0.3) is 0 Å². The van der Waals surface area contributed by atoms with Crippen molar-refractivity contribution in [3.63, 3.8) is 0 Å². The molecule has 0 aromatic heterocycles. The average Bonchev–Trinajstić information content (AvgIpc) is 2.66. The van der Waals surface area contributed by atoms with Crippen LogP contribution < -0.4 is 5.32 Å². The van der Waals surface area contributed by atoms with Gasteiger partial charge in [-0.15, -0.1) is 11.8 Å². The van der Waals surface area contributed by atoms with Crippen molar-refractivity contribution >= 4 is 23.6 Å². The van der Waals surface area contributed by atoms with E-state index in [2.05, 4.69) is 5.32 Å². The number of benzene rings is 2. The lowest BCUT2D eigenvalue weighted by Crippen LogP contribution is -2.31. The van der Waals surface area contributed by atoms with Crippen LogP contribution in [0.3, 0.4) is 0 Å². The predicted octanol–water partition coefficient (Wildman–Crippen LogP) is 3.04. The van der Waals surface area contributed by atoms with Gasteiger partial charge in [0.05, 0.1) is 12.2 Å². The molecule has 1 N–H and O–H groups in total. The van der Waals surface area contributed by atoms with Crippen molar-refractivity contribution in [2.45, 2.75) is 10.6 Å². The predicted molar refractivity (Wildman–Crippen MR) is 97.6 cm³/mol. The lowest BCUT2D eigenvalue weighted by molar-refractivity contribution is -0.124. The van der Waals surface area contributed by atoms with E-state index >= 15 is 0 Å². The SMILES string of the molecule is COCCNC(=O)COC(=O)c1ccccc1SCc1ccccc1F. The van der Waals surface area contributed by atoms with Crippen LogP contribution in [-0.4, -0.2) is 38.7 Å². The van der Waals surface area contributed by atoms with E-state index in [1.165, 1.54) is 24.9 Å². The van der Waals surface area contributed by atoms with Crippen LogP contribution in [0.4, 0.5) is 4.39 Å². The lowest BCUT2D eigenvalue weighted by atomic mass is 10.2. The summed E-state index contributed by atoms with van der Waals surface area (Å²) in [6.07, 6.45) is 0. The summed E-state index contributed by atoms with van der Waals surface area (Å²) in [6.45, 7) is 0.367. The van der Waals surface area contributed by atoms with Crippen LogP contribution in [-0.2, 0) is 20.0 Å². The molecule has 0 saturated carbocycles. The first-order valence-corrected chi connectivity index (χ1v) is 8.98. The van der Waals surface area contributed by atoms with Gasteiger partial charge in [-0.1, -0.05) is 30.3 Å². The number of carbonyl (C=O) groups is 2. The number of hydrogen-bond acceptors (Lipinski definition) is 5. The van der Waals surface area contributed by atoms with Crippen molar-refractivity contribution in [3.05, 3.63) is 65.5 Å². The molecule has 0 spiro atoms. The number of esters is 1. The number of carbonyl (C=O) groups excluding carboxylic acids is 2. The maximum absolute atomic E-state index is 13.7. The first-order chi connectivity index (χ1) is 12.6. The largest absolute Gasteiger partial charge is 0.452 e. The highest BCUT2D eigenvalue weighted by molar-refractivity contribution is 7.98. The molecule has 5 nitrogen and oxygen atoms in total. The first-order valence-electron chi connectivity index (χ1n) is 8.00. The van der Waals surface area contributed by atoms with E-state index in [1.54, 1.807) is 42.5 Å². The zero-order valence-electron chi connectivity index (χ0n) is 14.4. The van der Waals surface area contributed by atoms with Crippen LogP contribution in [0.2, 0.25) is 0 Å². The molecule has 0 aliphatic carbocycles. The summed E-state index contributed by atoms with van der Waals surface area (Å²) in [6, 6.07) is 13.4. The summed E-state index contributed by atoms with van der Waals surface area (Å²) in [5.74, 6) is -0.891. The van der Waals surface area contributed by atoms with Crippen molar-refractivity contribution in [2.75, 3.05) is 26.9 Å². The van der Waals surface area contributed by atoms with Crippen molar-refractivity contribution < 1.29 is 23.5 Å². The van der Waals surface area contributed by atoms with Crippen LogP contribution in [0.1, 0.15) is 15.9 Å². The highest BCUT2D eigenvalue weighted by Gasteiger charge is 2.15. The van der Waals surface area contributed by atoms with Gasteiger partial charge in [0, 0.05) is 24.3 Å². The van der Waals surface area contributed by atoms with Crippen LogP contribution >= 0.6 is 11.8 Å². The fourth-order valence-electron chi connectivity index (χ4n) is 2.08. The van der Waals surface area contributed by atoms with Gasteiger partial charge in [-0.25, -0.2) is 9.18 Å². The minimum Gasteiger partial charge on any atom is -0.452 e. The Balaban J connectivity index is 1.94. The van der Waals surface area contributed by atoms with Crippen molar-refractivity contribution in [2.24, 2.45) is 0 Å². The molecule has 0 saturated heterocycles.